The van der Waals surface area contributed by atoms with Gasteiger partial charge in [0.2, 0.25) is 0 Å². The van der Waals surface area contributed by atoms with Crippen molar-refractivity contribution in [3.05, 3.63) is 35.9 Å². The van der Waals surface area contributed by atoms with Crippen molar-refractivity contribution in [1.82, 2.24) is 34.9 Å². The molecular formula is C18H20F3N7O. The lowest BCUT2D eigenvalue weighted by Crippen LogP contribution is -2.53. The van der Waals surface area contributed by atoms with E-state index in [1.807, 2.05) is 4.90 Å². The highest BCUT2D eigenvalue weighted by Gasteiger charge is 2.66. The van der Waals surface area contributed by atoms with Crippen LogP contribution in [0.2, 0.25) is 0 Å². The zero-order chi connectivity index (χ0) is 20.2. The van der Waals surface area contributed by atoms with Crippen molar-refractivity contribution in [3.8, 4) is 0 Å². The number of hydrogen-bond acceptors (Lipinski definition) is 5. The Kier molecular flexibility index (Phi) is 4.04. The average molecular weight is 407 g/mol. The van der Waals surface area contributed by atoms with Crippen LogP contribution in [0, 0.1) is 0 Å². The SMILES string of the molecule is O=C(N1CC(c2cnc(C3(C(F)(F)F)CC3)nc2)C1)N1CC[C@H](c2ncn[nH]2)C1. The van der Waals surface area contributed by atoms with Crippen LogP contribution in [0.25, 0.3) is 0 Å². The topological polar surface area (TPSA) is 90.9 Å². The van der Waals surface area contributed by atoms with Gasteiger partial charge < -0.3 is 9.80 Å². The Hall–Kier alpha value is -2.72. The summed E-state index contributed by atoms with van der Waals surface area (Å²) in [7, 11) is 0. The molecular weight excluding hydrogens is 387 g/mol. The summed E-state index contributed by atoms with van der Waals surface area (Å²) >= 11 is 0. The molecule has 0 radical (unpaired) electrons. The van der Waals surface area contributed by atoms with Crippen LogP contribution in [-0.2, 0) is 5.41 Å². The molecule has 2 aliphatic heterocycles. The van der Waals surface area contributed by atoms with Gasteiger partial charge in [-0.25, -0.2) is 19.7 Å². The summed E-state index contributed by atoms with van der Waals surface area (Å²) in [6.45, 7) is 2.32. The molecule has 2 aromatic rings. The number of likely N-dealkylation sites (tertiary alicyclic amines) is 2. The molecule has 29 heavy (non-hydrogen) atoms. The minimum absolute atomic E-state index is 0.0187. The van der Waals surface area contributed by atoms with Gasteiger partial charge in [-0.05, 0) is 24.8 Å². The predicted molar refractivity (Wildman–Crippen MR) is 94.0 cm³/mol. The van der Waals surface area contributed by atoms with Crippen molar-refractivity contribution >= 4 is 6.03 Å². The van der Waals surface area contributed by atoms with Gasteiger partial charge in [0.05, 0.1) is 0 Å². The summed E-state index contributed by atoms with van der Waals surface area (Å²) in [5.41, 5.74) is -1.08. The summed E-state index contributed by atoms with van der Waals surface area (Å²) < 4.78 is 39.6. The van der Waals surface area contributed by atoms with Crippen LogP contribution in [0.15, 0.2) is 18.7 Å². The number of urea groups is 1. The van der Waals surface area contributed by atoms with Crippen LogP contribution in [-0.4, -0.2) is 73.3 Å². The van der Waals surface area contributed by atoms with E-state index in [2.05, 4.69) is 25.1 Å². The first-order chi connectivity index (χ1) is 13.9. The summed E-state index contributed by atoms with van der Waals surface area (Å²) in [5, 5.41) is 6.71. The van der Waals surface area contributed by atoms with Crippen molar-refractivity contribution in [2.75, 3.05) is 26.2 Å². The predicted octanol–water partition coefficient (Wildman–Crippen LogP) is 2.20. The van der Waals surface area contributed by atoms with Crippen molar-refractivity contribution in [1.29, 1.82) is 0 Å². The Morgan fingerprint density at radius 1 is 1.07 bits per heavy atom. The molecule has 2 saturated heterocycles. The van der Waals surface area contributed by atoms with E-state index < -0.39 is 11.6 Å². The van der Waals surface area contributed by atoms with Gasteiger partial charge in [-0.15, -0.1) is 0 Å². The number of nitrogens with one attached hydrogen (secondary N) is 1. The molecule has 8 nitrogen and oxygen atoms in total. The van der Waals surface area contributed by atoms with E-state index in [0.29, 0.717) is 26.2 Å². The van der Waals surface area contributed by atoms with E-state index in [9.17, 15) is 18.0 Å². The first-order valence-corrected chi connectivity index (χ1v) is 9.66. The normalized spacial score (nSPS) is 23.9. The largest absolute Gasteiger partial charge is 0.401 e. The number of hydrogen-bond donors (Lipinski definition) is 1. The number of carbonyl (C=O) groups is 1. The third-order valence-corrected chi connectivity index (χ3v) is 6.30. The highest BCUT2D eigenvalue weighted by Crippen LogP contribution is 2.57. The molecule has 1 saturated carbocycles. The number of amides is 2. The number of rotatable bonds is 3. The quantitative estimate of drug-likeness (QED) is 0.842. The lowest BCUT2D eigenvalue weighted by Gasteiger charge is -2.41. The molecule has 0 spiro atoms. The van der Waals surface area contributed by atoms with E-state index >= 15 is 0 Å². The average Bonchev–Trinajstić information content (AvgIpc) is 3.08. The molecule has 0 aromatic carbocycles. The first-order valence-electron chi connectivity index (χ1n) is 9.66. The standard InChI is InChI=1S/C18H20F3N7O/c19-18(20,21)17(2-3-17)15-22-5-12(6-23-15)13-8-28(9-13)16(29)27-4-1-11(7-27)14-24-10-25-26-14/h5-6,10-11,13H,1-4,7-9H2,(H,24,25,26)/t11-/m0/s1. The molecule has 2 amide bonds. The van der Waals surface area contributed by atoms with Gasteiger partial charge in [0.25, 0.3) is 0 Å². The van der Waals surface area contributed by atoms with Crippen LogP contribution in [0.3, 0.4) is 0 Å². The van der Waals surface area contributed by atoms with Crippen molar-refractivity contribution < 1.29 is 18.0 Å². The Morgan fingerprint density at radius 2 is 1.76 bits per heavy atom. The highest BCUT2D eigenvalue weighted by molar-refractivity contribution is 5.76. The second-order valence-electron chi connectivity index (χ2n) is 8.11. The smallest absolute Gasteiger partial charge is 0.324 e. The van der Waals surface area contributed by atoms with Crippen molar-refractivity contribution in [2.24, 2.45) is 0 Å². The van der Waals surface area contributed by atoms with Gasteiger partial charge in [-0.3, -0.25) is 5.10 Å². The van der Waals surface area contributed by atoms with Crippen LogP contribution in [0.4, 0.5) is 18.0 Å². The molecule has 0 bridgehead atoms. The number of aromatic amines is 1. The van der Waals surface area contributed by atoms with Crippen LogP contribution in [0.1, 0.15) is 48.3 Å². The Bertz CT molecular complexity index is 889. The molecule has 0 unspecified atom stereocenters. The monoisotopic (exact) mass is 407 g/mol. The molecule has 1 N–H and O–H groups in total. The van der Waals surface area contributed by atoms with E-state index in [0.717, 1.165) is 17.8 Å². The molecule has 3 aliphatic rings. The molecule has 4 heterocycles. The maximum absolute atomic E-state index is 13.2. The second kappa shape index (κ2) is 6.39. The summed E-state index contributed by atoms with van der Waals surface area (Å²) in [6, 6.07) is -0.0187. The fraction of sp³-hybridized carbons (Fsp3) is 0.611. The van der Waals surface area contributed by atoms with Gasteiger partial charge in [0, 0.05) is 50.4 Å². The molecule has 2 aromatic heterocycles. The lowest BCUT2D eigenvalue weighted by molar-refractivity contribution is -0.162. The number of nitrogens with zero attached hydrogens (tertiary/aromatic N) is 6. The van der Waals surface area contributed by atoms with E-state index in [-0.39, 0.29) is 36.5 Å². The third-order valence-electron chi connectivity index (χ3n) is 6.30. The first kappa shape index (κ1) is 18.3. The summed E-state index contributed by atoms with van der Waals surface area (Å²) in [6.07, 6.45) is 1.06. The third kappa shape index (κ3) is 3.03. The molecule has 11 heteroatoms. The summed E-state index contributed by atoms with van der Waals surface area (Å²) in [4.78, 5) is 28.4. The Morgan fingerprint density at radius 3 is 2.34 bits per heavy atom. The van der Waals surface area contributed by atoms with Gasteiger partial charge >= 0.3 is 12.2 Å². The van der Waals surface area contributed by atoms with E-state index in [1.165, 1.54) is 18.7 Å². The number of aromatic nitrogens is 5. The number of alkyl halides is 3. The van der Waals surface area contributed by atoms with Gasteiger partial charge in [0.1, 0.15) is 23.4 Å². The van der Waals surface area contributed by atoms with Crippen LogP contribution < -0.4 is 0 Å². The molecule has 1 aliphatic carbocycles. The number of halogens is 3. The van der Waals surface area contributed by atoms with E-state index in [1.54, 1.807) is 4.90 Å². The van der Waals surface area contributed by atoms with Crippen molar-refractivity contribution in [3.63, 3.8) is 0 Å². The minimum atomic E-state index is -4.31. The van der Waals surface area contributed by atoms with Crippen molar-refractivity contribution in [2.45, 2.75) is 42.7 Å². The van der Waals surface area contributed by atoms with Gasteiger partial charge in [-0.1, -0.05) is 0 Å². The zero-order valence-corrected chi connectivity index (χ0v) is 15.6. The highest BCUT2D eigenvalue weighted by atomic mass is 19.4. The molecule has 5 rings (SSSR count). The fourth-order valence-electron chi connectivity index (χ4n) is 4.17. The van der Waals surface area contributed by atoms with Gasteiger partial charge in [-0.2, -0.15) is 18.3 Å². The number of H-pyrrole nitrogens is 1. The lowest BCUT2D eigenvalue weighted by atomic mass is 9.94. The fourth-order valence-corrected chi connectivity index (χ4v) is 4.17. The Balaban J connectivity index is 1.17. The van der Waals surface area contributed by atoms with Gasteiger partial charge in [0.15, 0.2) is 0 Å². The van der Waals surface area contributed by atoms with Crippen LogP contribution >= 0.6 is 0 Å². The van der Waals surface area contributed by atoms with Crippen LogP contribution in [0.5, 0.6) is 0 Å². The second-order valence-corrected chi connectivity index (χ2v) is 8.11. The minimum Gasteiger partial charge on any atom is -0.324 e. The molecule has 3 fully saturated rings. The zero-order valence-electron chi connectivity index (χ0n) is 15.6. The number of carbonyl (C=O) groups excluding carboxylic acids is 1. The Labute approximate surface area is 164 Å². The molecule has 154 valence electrons. The van der Waals surface area contributed by atoms with E-state index in [4.69, 9.17) is 0 Å². The molecule has 1 atom stereocenters. The maximum atomic E-state index is 13.2. The summed E-state index contributed by atoms with van der Waals surface area (Å²) in [5.74, 6) is 0.882. The maximum Gasteiger partial charge on any atom is 0.401 e.